The van der Waals surface area contributed by atoms with Gasteiger partial charge in [-0.1, -0.05) is 19.1 Å². The van der Waals surface area contributed by atoms with Crippen molar-refractivity contribution >= 4 is 11.3 Å². The lowest BCUT2D eigenvalue weighted by Crippen LogP contribution is -2.44. The predicted molar refractivity (Wildman–Crippen MR) is 85.2 cm³/mol. The third-order valence-corrected chi connectivity index (χ3v) is 4.78. The summed E-state index contributed by atoms with van der Waals surface area (Å²) >= 11 is 1.39. The molecule has 2 rings (SSSR count). The minimum absolute atomic E-state index is 0.0272. The van der Waals surface area contributed by atoms with Crippen molar-refractivity contribution in [3.05, 3.63) is 40.9 Å². The Morgan fingerprint density at radius 3 is 2.39 bits per heavy atom. The van der Waals surface area contributed by atoms with Gasteiger partial charge in [-0.3, -0.25) is 0 Å². The molecular weight excluding hydrogens is 325 g/mol. The smallest absolute Gasteiger partial charge is 0.394 e. The van der Waals surface area contributed by atoms with E-state index in [0.717, 1.165) is 24.2 Å². The van der Waals surface area contributed by atoms with Crippen LogP contribution in [0.3, 0.4) is 0 Å². The van der Waals surface area contributed by atoms with Crippen LogP contribution in [0.2, 0.25) is 0 Å². The number of nitrogens with zero attached hydrogens (tertiary/aromatic N) is 1. The van der Waals surface area contributed by atoms with Crippen molar-refractivity contribution in [2.45, 2.75) is 38.5 Å². The summed E-state index contributed by atoms with van der Waals surface area (Å²) in [6, 6.07) is 4.99. The van der Waals surface area contributed by atoms with Crippen LogP contribution < -0.4 is 5.32 Å². The summed E-state index contributed by atoms with van der Waals surface area (Å²) in [6.07, 6.45) is -3.55. The number of benzene rings is 1. The van der Waals surface area contributed by atoms with E-state index in [0.29, 0.717) is 17.1 Å². The van der Waals surface area contributed by atoms with Crippen LogP contribution in [-0.2, 0) is 12.7 Å². The molecule has 2 N–H and O–H groups in total. The van der Waals surface area contributed by atoms with Gasteiger partial charge in [0.1, 0.15) is 5.01 Å². The van der Waals surface area contributed by atoms with Gasteiger partial charge in [-0.15, -0.1) is 11.3 Å². The zero-order chi connectivity index (χ0) is 17.1. The van der Waals surface area contributed by atoms with E-state index in [-0.39, 0.29) is 12.1 Å². The number of aromatic nitrogens is 1. The maximum Gasteiger partial charge on any atom is 0.416 e. The summed E-state index contributed by atoms with van der Waals surface area (Å²) in [4.78, 5) is 4.44. The standard InChI is InChI=1S/C16H19F3N2OS/c1-3-15(2,10-22)20-8-13-9-23-14(21-13)11-4-6-12(7-5-11)16(17,18)19/h4-7,9,20,22H,3,8,10H2,1-2H3. The highest BCUT2D eigenvalue weighted by atomic mass is 32.1. The van der Waals surface area contributed by atoms with Gasteiger partial charge >= 0.3 is 6.18 Å². The quantitative estimate of drug-likeness (QED) is 0.830. The van der Waals surface area contributed by atoms with Crippen molar-refractivity contribution in [3.63, 3.8) is 0 Å². The molecule has 7 heteroatoms. The number of rotatable bonds is 6. The Morgan fingerprint density at radius 2 is 1.87 bits per heavy atom. The fourth-order valence-electron chi connectivity index (χ4n) is 1.92. The van der Waals surface area contributed by atoms with E-state index in [9.17, 15) is 18.3 Å². The Morgan fingerprint density at radius 1 is 1.22 bits per heavy atom. The van der Waals surface area contributed by atoms with Gasteiger partial charge in [-0.2, -0.15) is 13.2 Å². The largest absolute Gasteiger partial charge is 0.416 e. The number of thiazole rings is 1. The molecule has 0 aliphatic rings. The van der Waals surface area contributed by atoms with Gasteiger partial charge in [0.2, 0.25) is 0 Å². The molecule has 0 aliphatic carbocycles. The molecule has 0 saturated carbocycles. The molecular formula is C16H19F3N2OS. The highest BCUT2D eigenvalue weighted by molar-refractivity contribution is 7.13. The van der Waals surface area contributed by atoms with Crippen molar-refractivity contribution in [3.8, 4) is 10.6 Å². The summed E-state index contributed by atoms with van der Waals surface area (Å²) in [5, 5.41) is 15.2. The number of nitrogens with one attached hydrogen (secondary N) is 1. The van der Waals surface area contributed by atoms with Crippen molar-refractivity contribution in [1.82, 2.24) is 10.3 Å². The van der Waals surface area contributed by atoms with Crippen molar-refractivity contribution in [2.75, 3.05) is 6.61 Å². The van der Waals surface area contributed by atoms with Gasteiger partial charge in [-0.25, -0.2) is 4.98 Å². The minimum Gasteiger partial charge on any atom is -0.394 e. The molecule has 0 fully saturated rings. The van der Waals surface area contributed by atoms with Gasteiger partial charge < -0.3 is 10.4 Å². The van der Waals surface area contributed by atoms with Gasteiger partial charge in [0, 0.05) is 23.0 Å². The second-order valence-electron chi connectivity index (χ2n) is 5.64. The zero-order valence-electron chi connectivity index (χ0n) is 12.9. The Bertz CT molecular complexity index is 634. The van der Waals surface area contributed by atoms with Crippen LogP contribution >= 0.6 is 11.3 Å². The maximum absolute atomic E-state index is 12.6. The molecule has 126 valence electrons. The molecule has 1 unspecified atom stereocenters. The fraction of sp³-hybridized carbons (Fsp3) is 0.438. The summed E-state index contributed by atoms with van der Waals surface area (Å²) in [7, 11) is 0. The molecule has 0 bridgehead atoms. The van der Waals surface area contributed by atoms with Crippen molar-refractivity contribution in [1.29, 1.82) is 0 Å². The fourth-order valence-corrected chi connectivity index (χ4v) is 2.75. The summed E-state index contributed by atoms with van der Waals surface area (Å²) in [5.74, 6) is 0. The molecule has 3 nitrogen and oxygen atoms in total. The first-order valence-corrected chi connectivity index (χ1v) is 8.13. The highest BCUT2D eigenvalue weighted by Gasteiger charge is 2.30. The molecule has 1 heterocycles. The minimum atomic E-state index is -4.33. The van der Waals surface area contributed by atoms with E-state index in [1.165, 1.54) is 23.5 Å². The zero-order valence-corrected chi connectivity index (χ0v) is 13.8. The number of halogens is 3. The summed E-state index contributed by atoms with van der Waals surface area (Å²) in [6.45, 7) is 4.44. The third kappa shape index (κ3) is 4.53. The predicted octanol–water partition coefficient (Wildman–Crippen LogP) is 4.08. The molecule has 0 amide bonds. The molecule has 0 aliphatic heterocycles. The molecule has 0 radical (unpaired) electrons. The van der Waals surface area contributed by atoms with E-state index < -0.39 is 11.7 Å². The van der Waals surface area contributed by atoms with E-state index in [2.05, 4.69) is 10.3 Å². The number of aliphatic hydroxyl groups is 1. The second-order valence-corrected chi connectivity index (χ2v) is 6.50. The lowest BCUT2D eigenvalue weighted by Gasteiger charge is -2.26. The van der Waals surface area contributed by atoms with Crippen LogP contribution in [0.4, 0.5) is 13.2 Å². The summed E-state index contributed by atoms with van der Waals surface area (Å²) < 4.78 is 37.7. The van der Waals surface area contributed by atoms with Gasteiger partial charge in [0.15, 0.2) is 0 Å². The molecule has 1 aromatic carbocycles. The number of aliphatic hydroxyl groups excluding tert-OH is 1. The van der Waals surface area contributed by atoms with Crippen LogP contribution in [0.1, 0.15) is 31.5 Å². The van der Waals surface area contributed by atoms with Gasteiger partial charge in [0.25, 0.3) is 0 Å². The monoisotopic (exact) mass is 344 g/mol. The lowest BCUT2D eigenvalue weighted by atomic mass is 10.0. The van der Waals surface area contributed by atoms with Crippen molar-refractivity contribution < 1.29 is 18.3 Å². The first-order chi connectivity index (χ1) is 10.8. The van der Waals surface area contributed by atoms with Crippen LogP contribution in [0.5, 0.6) is 0 Å². The molecule has 0 saturated heterocycles. The highest BCUT2D eigenvalue weighted by Crippen LogP contribution is 2.31. The van der Waals surface area contributed by atoms with E-state index in [1.54, 1.807) is 0 Å². The average Bonchev–Trinajstić information content (AvgIpc) is 3.01. The maximum atomic E-state index is 12.6. The molecule has 0 spiro atoms. The Hall–Kier alpha value is -1.44. The van der Waals surface area contributed by atoms with E-state index >= 15 is 0 Å². The SMILES string of the molecule is CCC(C)(CO)NCc1csc(-c2ccc(C(F)(F)F)cc2)n1. The second kappa shape index (κ2) is 6.98. The van der Waals surface area contributed by atoms with Crippen LogP contribution in [-0.4, -0.2) is 22.2 Å². The normalized spacial score (nSPS) is 14.7. The Labute approximate surface area is 137 Å². The van der Waals surface area contributed by atoms with E-state index in [1.807, 2.05) is 19.2 Å². The first kappa shape index (κ1) is 17.9. The van der Waals surface area contributed by atoms with Crippen molar-refractivity contribution in [2.24, 2.45) is 0 Å². The molecule has 1 atom stereocenters. The Kier molecular flexibility index (Phi) is 5.44. The summed E-state index contributed by atoms with van der Waals surface area (Å²) in [5.41, 5.74) is 0.437. The molecule has 23 heavy (non-hydrogen) atoms. The number of hydrogen-bond acceptors (Lipinski definition) is 4. The number of hydrogen-bond donors (Lipinski definition) is 2. The lowest BCUT2D eigenvalue weighted by molar-refractivity contribution is -0.137. The topological polar surface area (TPSA) is 45.1 Å². The van der Waals surface area contributed by atoms with Crippen LogP contribution in [0, 0.1) is 0 Å². The van der Waals surface area contributed by atoms with Gasteiger partial charge in [0.05, 0.1) is 17.9 Å². The van der Waals surface area contributed by atoms with Crippen LogP contribution in [0.25, 0.3) is 10.6 Å². The van der Waals surface area contributed by atoms with Crippen LogP contribution in [0.15, 0.2) is 29.6 Å². The molecule has 2 aromatic rings. The molecule has 1 aromatic heterocycles. The Balaban J connectivity index is 2.07. The average molecular weight is 344 g/mol. The van der Waals surface area contributed by atoms with Gasteiger partial charge in [-0.05, 0) is 25.5 Å². The van der Waals surface area contributed by atoms with E-state index in [4.69, 9.17) is 0 Å². The third-order valence-electron chi connectivity index (χ3n) is 3.84. The first-order valence-electron chi connectivity index (χ1n) is 7.25. The number of alkyl halides is 3.